The van der Waals surface area contributed by atoms with Crippen molar-refractivity contribution in [2.24, 2.45) is 5.41 Å². The summed E-state index contributed by atoms with van der Waals surface area (Å²) < 4.78 is 10.3. The van der Waals surface area contributed by atoms with Gasteiger partial charge >= 0.3 is 5.97 Å². The zero-order chi connectivity index (χ0) is 15.3. The van der Waals surface area contributed by atoms with E-state index in [1.54, 1.807) is 7.11 Å². The summed E-state index contributed by atoms with van der Waals surface area (Å²) in [5.41, 5.74) is 2.92. The van der Waals surface area contributed by atoms with Crippen molar-refractivity contribution in [1.82, 2.24) is 0 Å². The SMILES string of the molecule is CCC1(COC)CC(C(=O)OC)=CC=C1c1ccccc1. The van der Waals surface area contributed by atoms with Gasteiger partial charge < -0.3 is 9.47 Å². The third-order valence-corrected chi connectivity index (χ3v) is 4.18. The molecule has 1 atom stereocenters. The molecule has 0 bridgehead atoms. The standard InChI is InChI=1S/C18H22O3/c1-4-18(13-20-2)12-15(17(19)21-3)10-11-16(18)14-8-6-5-7-9-14/h5-11H,4,12-13H2,1-3H3. The topological polar surface area (TPSA) is 35.5 Å². The van der Waals surface area contributed by atoms with Gasteiger partial charge in [-0.25, -0.2) is 4.79 Å². The number of carbonyl (C=O) groups is 1. The summed E-state index contributed by atoms with van der Waals surface area (Å²) in [6.45, 7) is 2.72. The van der Waals surface area contributed by atoms with Gasteiger partial charge in [0.05, 0.1) is 13.7 Å². The predicted octanol–water partition coefficient (Wildman–Crippen LogP) is 3.62. The Morgan fingerprint density at radius 2 is 1.90 bits per heavy atom. The molecule has 2 rings (SSSR count). The molecular formula is C18H22O3. The smallest absolute Gasteiger partial charge is 0.333 e. The van der Waals surface area contributed by atoms with Crippen LogP contribution in [0.15, 0.2) is 48.1 Å². The average Bonchev–Trinajstić information content (AvgIpc) is 2.55. The first-order valence-corrected chi connectivity index (χ1v) is 7.21. The molecule has 0 heterocycles. The molecule has 0 spiro atoms. The van der Waals surface area contributed by atoms with Crippen LogP contribution in [0, 0.1) is 5.41 Å². The van der Waals surface area contributed by atoms with Crippen molar-refractivity contribution in [2.75, 3.05) is 20.8 Å². The molecule has 3 heteroatoms. The third-order valence-electron chi connectivity index (χ3n) is 4.18. The molecule has 3 nitrogen and oxygen atoms in total. The lowest BCUT2D eigenvalue weighted by Gasteiger charge is -2.37. The molecular weight excluding hydrogens is 264 g/mol. The van der Waals surface area contributed by atoms with Crippen molar-refractivity contribution in [2.45, 2.75) is 19.8 Å². The van der Waals surface area contributed by atoms with E-state index in [0.717, 1.165) is 6.42 Å². The number of hydrogen-bond donors (Lipinski definition) is 0. The summed E-state index contributed by atoms with van der Waals surface area (Å²) >= 11 is 0. The number of benzene rings is 1. The van der Waals surface area contributed by atoms with Crippen LogP contribution in [0.4, 0.5) is 0 Å². The van der Waals surface area contributed by atoms with Crippen LogP contribution in [-0.4, -0.2) is 26.8 Å². The number of esters is 1. The molecule has 0 amide bonds. The van der Waals surface area contributed by atoms with Gasteiger partial charge in [-0.2, -0.15) is 0 Å². The normalized spacial score (nSPS) is 21.5. The van der Waals surface area contributed by atoms with Crippen LogP contribution in [0.1, 0.15) is 25.3 Å². The van der Waals surface area contributed by atoms with Crippen molar-refractivity contribution in [1.29, 1.82) is 0 Å². The summed E-state index contributed by atoms with van der Waals surface area (Å²) in [4.78, 5) is 11.9. The highest BCUT2D eigenvalue weighted by atomic mass is 16.5. The second kappa shape index (κ2) is 6.72. The molecule has 0 N–H and O–H groups in total. The first-order chi connectivity index (χ1) is 10.2. The largest absolute Gasteiger partial charge is 0.466 e. The highest BCUT2D eigenvalue weighted by molar-refractivity contribution is 5.91. The number of rotatable bonds is 5. The number of ether oxygens (including phenoxy) is 2. The molecule has 112 valence electrons. The van der Waals surface area contributed by atoms with E-state index >= 15 is 0 Å². The van der Waals surface area contributed by atoms with Gasteiger partial charge in [-0.1, -0.05) is 49.4 Å². The molecule has 1 unspecified atom stereocenters. The van der Waals surface area contributed by atoms with Crippen LogP contribution >= 0.6 is 0 Å². The molecule has 0 saturated carbocycles. The van der Waals surface area contributed by atoms with Gasteiger partial charge in [-0.15, -0.1) is 0 Å². The summed E-state index contributed by atoms with van der Waals surface area (Å²) in [5, 5.41) is 0. The third kappa shape index (κ3) is 3.08. The lowest BCUT2D eigenvalue weighted by molar-refractivity contribution is -0.136. The van der Waals surface area contributed by atoms with Gasteiger partial charge in [-0.05, 0) is 24.0 Å². The number of methoxy groups -OCH3 is 2. The fourth-order valence-electron chi connectivity index (χ4n) is 2.99. The second-order valence-corrected chi connectivity index (χ2v) is 5.37. The number of carbonyl (C=O) groups excluding carboxylic acids is 1. The quantitative estimate of drug-likeness (QED) is 0.776. The van der Waals surface area contributed by atoms with Crippen molar-refractivity contribution in [3.05, 3.63) is 53.6 Å². The van der Waals surface area contributed by atoms with Crippen molar-refractivity contribution < 1.29 is 14.3 Å². The molecule has 0 aliphatic heterocycles. The molecule has 1 aromatic carbocycles. The van der Waals surface area contributed by atoms with E-state index in [-0.39, 0.29) is 11.4 Å². The fourth-order valence-corrected chi connectivity index (χ4v) is 2.99. The zero-order valence-corrected chi connectivity index (χ0v) is 12.9. The van der Waals surface area contributed by atoms with E-state index in [2.05, 4.69) is 19.1 Å². The molecule has 1 aliphatic carbocycles. The van der Waals surface area contributed by atoms with Gasteiger partial charge in [0.1, 0.15) is 0 Å². The van der Waals surface area contributed by atoms with E-state index in [0.29, 0.717) is 18.6 Å². The molecule has 0 radical (unpaired) electrons. The maximum absolute atomic E-state index is 11.9. The Morgan fingerprint density at radius 1 is 1.19 bits per heavy atom. The lowest BCUT2D eigenvalue weighted by atomic mass is 9.68. The van der Waals surface area contributed by atoms with Crippen LogP contribution in [0.25, 0.3) is 5.57 Å². The predicted molar refractivity (Wildman–Crippen MR) is 83.7 cm³/mol. The maximum atomic E-state index is 11.9. The van der Waals surface area contributed by atoms with Gasteiger partial charge in [0.25, 0.3) is 0 Å². The molecule has 0 aromatic heterocycles. The van der Waals surface area contributed by atoms with E-state index < -0.39 is 0 Å². The van der Waals surface area contributed by atoms with Crippen molar-refractivity contribution >= 4 is 11.5 Å². The first-order valence-electron chi connectivity index (χ1n) is 7.21. The highest BCUT2D eigenvalue weighted by Gasteiger charge is 2.37. The Kier molecular flexibility index (Phi) is 4.97. The summed E-state index contributed by atoms with van der Waals surface area (Å²) in [6, 6.07) is 10.3. The minimum atomic E-state index is -0.257. The molecule has 0 fully saturated rings. The number of allylic oxidation sites excluding steroid dienone is 2. The zero-order valence-electron chi connectivity index (χ0n) is 12.9. The summed E-state index contributed by atoms with van der Waals surface area (Å²) in [6.07, 6.45) is 5.45. The Labute approximate surface area is 126 Å². The maximum Gasteiger partial charge on any atom is 0.333 e. The van der Waals surface area contributed by atoms with Crippen LogP contribution in [0.3, 0.4) is 0 Å². The number of hydrogen-bond acceptors (Lipinski definition) is 3. The molecule has 21 heavy (non-hydrogen) atoms. The Hall–Kier alpha value is -1.87. The highest BCUT2D eigenvalue weighted by Crippen LogP contribution is 2.46. The summed E-state index contributed by atoms with van der Waals surface area (Å²) in [5.74, 6) is -0.257. The molecule has 0 saturated heterocycles. The van der Waals surface area contributed by atoms with Crippen molar-refractivity contribution in [3.8, 4) is 0 Å². The second-order valence-electron chi connectivity index (χ2n) is 5.37. The fraction of sp³-hybridized carbons (Fsp3) is 0.389. The minimum absolute atomic E-state index is 0.186. The van der Waals surface area contributed by atoms with E-state index in [4.69, 9.17) is 9.47 Å². The molecule has 1 aromatic rings. The van der Waals surface area contributed by atoms with E-state index in [1.807, 2.05) is 30.4 Å². The van der Waals surface area contributed by atoms with Gasteiger partial charge in [-0.3, -0.25) is 0 Å². The monoisotopic (exact) mass is 286 g/mol. The van der Waals surface area contributed by atoms with Gasteiger partial charge in [0, 0.05) is 18.1 Å². The van der Waals surface area contributed by atoms with E-state index in [1.165, 1.54) is 18.2 Å². The summed E-state index contributed by atoms with van der Waals surface area (Å²) in [7, 11) is 3.12. The lowest BCUT2D eigenvalue weighted by Crippen LogP contribution is -2.31. The first kappa shape index (κ1) is 15.5. The average molecular weight is 286 g/mol. The Morgan fingerprint density at radius 3 is 2.48 bits per heavy atom. The van der Waals surface area contributed by atoms with Gasteiger partial charge in [0.15, 0.2) is 0 Å². The van der Waals surface area contributed by atoms with Crippen LogP contribution in [0.5, 0.6) is 0 Å². The van der Waals surface area contributed by atoms with Crippen LogP contribution < -0.4 is 0 Å². The Balaban J connectivity index is 2.48. The van der Waals surface area contributed by atoms with Crippen LogP contribution in [0.2, 0.25) is 0 Å². The van der Waals surface area contributed by atoms with Crippen LogP contribution in [-0.2, 0) is 14.3 Å². The van der Waals surface area contributed by atoms with Crippen molar-refractivity contribution in [3.63, 3.8) is 0 Å². The van der Waals surface area contributed by atoms with E-state index in [9.17, 15) is 4.79 Å². The van der Waals surface area contributed by atoms with Gasteiger partial charge in [0.2, 0.25) is 0 Å². The Bertz CT molecular complexity index is 557. The molecule has 1 aliphatic rings. The minimum Gasteiger partial charge on any atom is -0.466 e.